The van der Waals surface area contributed by atoms with Gasteiger partial charge in [-0.25, -0.2) is 0 Å². The summed E-state index contributed by atoms with van der Waals surface area (Å²) in [5.74, 6) is 1.79. The minimum absolute atomic E-state index is 0.891. The van der Waals surface area contributed by atoms with Crippen molar-refractivity contribution in [3.05, 3.63) is 33.3 Å². The van der Waals surface area contributed by atoms with E-state index < -0.39 is 0 Å². The Hall–Kier alpha value is -0.300. The van der Waals surface area contributed by atoms with Gasteiger partial charge in [0, 0.05) is 4.47 Å². The van der Waals surface area contributed by atoms with E-state index >= 15 is 0 Å². The maximum Gasteiger partial charge on any atom is 0.0210 e. The molecule has 80 valence electrons. The molecule has 0 N–H and O–H groups in total. The van der Waals surface area contributed by atoms with E-state index in [1.54, 1.807) is 11.1 Å². The molecule has 2 saturated carbocycles. The van der Waals surface area contributed by atoms with Gasteiger partial charge in [0.15, 0.2) is 0 Å². The van der Waals surface area contributed by atoms with Crippen LogP contribution in [0.4, 0.5) is 0 Å². The lowest BCUT2D eigenvalue weighted by Gasteiger charge is -2.12. The van der Waals surface area contributed by atoms with E-state index in [0.29, 0.717) is 0 Å². The summed E-state index contributed by atoms with van der Waals surface area (Å²) in [5, 5.41) is 0. The van der Waals surface area contributed by atoms with Gasteiger partial charge in [-0.15, -0.1) is 0 Å². The molecule has 0 aromatic heterocycles. The number of rotatable bonds is 3. The van der Waals surface area contributed by atoms with Crippen molar-refractivity contribution in [2.45, 2.75) is 50.9 Å². The summed E-state index contributed by atoms with van der Waals surface area (Å²) in [6.45, 7) is 2.24. The molecule has 0 aliphatic heterocycles. The highest BCUT2D eigenvalue weighted by Gasteiger charge is 2.33. The lowest BCUT2D eigenvalue weighted by atomic mass is 9.96. The number of halogens is 1. The zero-order valence-corrected chi connectivity index (χ0v) is 10.8. The maximum atomic E-state index is 3.71. The second-order valence-corrected chi connectivity index (χ2v) is 5.83. The van der Waals surface area contributed by atoms with Crippen molar-refractivity contribution in [3.8, 4) is 0 Å². The second-order valence-electron chi connectivity index (χ2n) is 4.97. The Balaban J connectivity index is 2.06. The van der Waals surface area contributed by atoms with Crippen molar-refractivity contribution in [1.29, 1.82) is 0 Å². The van der Waals surface area contributed by atoms with E-state index in [2.05, 4.69) is 35.0 Å². The average molecular weight is 265 g/mol. The largest absolute Gasteiger partial charge is 0.0613 e. The molecule has 0 spiro atoms. The first-order chi connectivity index (χ1) is 7.29. The Morgan fingerprint density at radius 2 is 1.60 bits per heavy atom. The van der Waals surface area contributed by atoms with Crippen molar-refractivity contribution < 1.29 is 0 Å². The molecular weight excluding hydrogens is 248 g/mol. The van der Waals surface area contributed by atoms with Crippen LogP contribution in [0, 0.1) is 0 Å². The van der Waals surface area contributed by atoms with Crippen LogP contribution in [0.1, 0.15) is 61.1 Å². The van der Waals surface area contributed by atoms with Gasteiger partial charge in [0.2, 0.25) is 0 Å². The van der Waals surface area contributed by atoms with Crippen LogP contribution in [-0.4, -0.2) is 0 Å². The normalized spacial score (nSPS) is 20.7. The summed E-state index contributed by atoms with van der Waals surface area (Å²) in [4.78, 5) is 0. The third-order valence-electron chi connectivity index (χ3n) is 3.67. The number of benzene rings is 1. The molecule has 0 amide bonds. The third-order valence-corrected chi connectivity index (χ3v) is 4.41. The monoisotopic (exact) mass is 264 g/mol. The molecule has 2 aliphatic carbocycles. The molecule has 2 fully saturated rings. The summed E-state index contributed by atoms with van der Waals surface area (Å²) in [5.41, 5.74) is 4.82. The van der Waals surface area contributed by atoms with Gasteiger partial charge in [0.1, 0.15) is 0 Å². The lowest BCUT2D eigenvalue weighted by Crippen LogP contribution is -1.94. The zero-order valence-electron chi connectivity index (χ0n) is 9.22. The van der Waals surface area contributed by atoms with Gasteiger partial charge < -0.3 is 0 Å². The molecule has 2 aliphatic rings. The van der Waals surface area contributed by atoms with Gasteiger partial charge >= 0.3 is 0 Å². The minimum atomic E-state index is 0.891. The van der Waals surface area contributed by atoms with E-state index in [1.807, 2.05) is 0 Å². The molecule has 1 aromatic rings. The smallest absolute Gasteiger partial charge is 0.0210 e. The molecule has 0 unspecified atom stereocenters. The minimum Gasteiger partial charge on any atom is -0.0613 e. The van der Waals surface area contributed by atoms with Crippen molar-refractivity contribution in [2.24, 2.45) is 0 Å². The first-order valence-corrected chi connectivity index (χ1v) is 6.91. The Morgan fingerprint density at radius 1 is 1.07 bits per heavy atom. The van der Waals surface area contributed by atoms with Crippen molar-refractivity contribution >= 4 is 15.9 Å². The average Bonchev–Trinajstić information content (AvgIpc) is 3.08. The molecule has 3 rings (SSSR count). The fourth-order valence-corrected chi connectivity index (χ4v) is 3.06. The SMILES string of the molecule is CCc1cc(C2CC2)c(C2CC2)cc1Br. The summed E-state index contributed by atoms with van der Waals surface area (Å²) < 4.78 is 1.33. The number of aryl methyl sites for hydroxylation is 1. The third kappa shape index (κ3) is 1.87. The Kier molecular flexibility index (Phi) is 2.39. The standard InChI is InChI=1S/C14H17Br/c1-2-9-7-12(10-3-4-10)13(8-14(9)15)11-5-6-11/h7-8,10-11H,2-6H2,1H3. The Labute approximate surface area is 100 Å². The number of hydrogen-bond acceptors (Lipinski definition) is 0. The van der Waals surface area contributed by atoms with Crippen LogP contribution in [0.25, 0.3) is 0 Å². The van der Waals surface area contributed by atoms with Crippen LogP contribution in [0.15, 0.2) is 16.6 Å². The van der Waals surface area contributed by atoms with Gasteiger partial charge in [-0.3, -0.25) is 0 Å². The first kappa shape index (κ1) is 9.89. The summed E-state index contributed by atoms with van der Waals surface area (Å²) in [7, 11) is 0. The van der Waals surface area contributed by atoms with Crippen molar-refractivity contribution in [2.75, 3.05) is 0 Å². The maximum absolute atomic E-state index is 3.71. The fraction of sp³-hybridized carbons (Fsp3) is 0.571. The zero-order chi connectivity index (χ0) is 10.4. The van der Waals surface area contributed by atoms with Crippen molar-refractivity contribution in [3.63, 3.8) is 0 Å². The van der Waals surface area contributed by atoms with E-state index in [0.717, 1.165) is 18.3 Å². The van der Waals surface area contributed by atoms with Gasteiger partial charge in [-0.1, -0.05) is 28.9 Å². The van der Waals surface area contributed by atoms with Gasteiger partial charge in [0.25, 0.3) is 0 Å². The first-order valence-electron chi connectivity index (χ1n) is 6.11. The predicted octanol–water partition coefficient (Wildman–Crippen LogP) is 4.77. The molecule has 15 heavy (non-hydrogen) atoms. The molecule has 0 radical (unpaired) electrons. The highest BCUT2D eigenvalue weighted by atomic mass is 79.9. The van der Waals surface area contributed by atoms with Crippen molar-refractivity contribution in [1.82, 2.24) is 0 Å². The molecule has 0 atom stereocenters. The highest BCUT2D eigenvalue weighted by molar-refractivity contribution is 9.10. The molecule has 0 bridgehead atoms. The molecule has 1 aromatic carbocycles. The van der Waals surface area contributed by atoms with E-state index in [4.69, 9.17) is 0 Å². The highest BCUT2D eigenvalue weighted by Crippen LogP contribution is 2.50. The van der Waals surface area contributed by atoms with E-state index in [-0.39, 0.29) is 0 Å². The van der Waals surface area contributed by atoms with Gasteiger partial charge in [-0.05, 0) is 66.7 Å². The van der Waals surface area contributed by atoms with Crippen LogP contribution in [0.2, 0.25) is 0 Å². The Morgan fingerprint density at radius 3 is 2.07 bits per heavy atom. The van der Waals surface area contributed by atoms with Crippen LogP contribution in [0.3, 0.4) is 0 Å². The topological polar surface area (TPSA) is 0 Å². The van der Waals surface area contributed by atoms with E-state index in [1.165, 1.54) is 35.7 Å². The molecule has 0 heterocycles. The van der Waals surface area contributed by atoms with Crippen LogP contribution >= 0.6 is 15.9 Å². The van der Waals surface area contributed by atoms with E-state index in [9.17, 15) is 0 Å². The van der Waals surface area contributed by atoms with Gasteiger partial charge in [-0.2, -0.15) is 0 Å². The van der Waals surface area contributed by atoms with Gasteiger partial charge in [0.05, 0.1) is 0 Å². The van der Waals surface area contributed by atoms with Crippen LogP contribution in [-0.2, 0) is 6.42 Å². The fourth-order valence-electron chi connectivity index (χ4n) is 2.42. The predicted molar refractivity (Wildman–Crippen MR) is 67.5 cm³/mol. The quantitative estimate of drug-likeness (QED) is 0.738. The van der Waals surface area contributed by atoms with Crippen LogP contribution < -0.4 is 0 Å². The summed E-state index contributed by atoms with van der Waals surface area (Å²) >= 11 is 3.71. The van der Waals surface area contributed by atoms with Crippen LogP contribution in [0.5, 0.6) is 0 Å². The second kappa shape index (κ2) is 3.62. The lowest BCUT2D eigenvalue weighted by molar-refractivity contribution is 0.995. The summed E-state index contributed by atoms with van der Waals surface area (Å²) in [6.07, 6.45) is 6.82. The molecule has 0 saturated heterocycles. The number of hydrogen-bond donors (Lipinski definition) is 0. The molecular formula is C14H17Br. The molecule has 0 nitrogen and oxygen atoms in total. The molecule has 1 heteroatoms. The Bertz CT molecular complexity index is 387. The summed E-state index contributed by atoms with van der Waals surface area (Å²) in [6, 6.07) is 4.87.